The Morgan fingerprint density at radius 1 is 1.19 bits per heavy atom. The Labute approximate surface area is 152 Å². The van der Waals surface area contributed by atoms with E-state index in [-0.39, 0.29) is 17.6 Å². The third kappa shape index (κ3) is 3.65. The number of aromatic nitrogens is 4. The molecule has 1 spiro atoms. The maximum atomic E-state index is 12.6. The number of ether oxygens (including phenoxy) is 1. The zero-order chi connectivity index (χ0) is 17.8. The summed E-state index contributed by atoms with van der Waals surface area (Å²) >= 11 is 0. The topological polar surface area (TPSA) is 93.1 Å². The molecule has 0 saturated carbocycles. The molecule has 136 valence electrons. The fourth-order valence-electron chi connectivity index (χ4n) is 3.77. The van der Waals surface area contributed by atoms with Gasteiger partial charge in [0, 0.05) is 38.1 Å². The number of likely N-dealkylation sites (tertiary alicyclic amines) is 1. The summed E-state index contributed by atoms with van der Waals surface area (Å²) in [4.78, 5) is 22.9. The molecule has 4 heterocycles. The van der Waals surface area contributed by atoms with Gasteiger partial charge in [-0.3, -0.25) is 4.79 Å². The maximum absolute atomic E-state index is 12.6. The molecule has 2 aromatic heterocycles. The van der Waals surface area contributed by atoms with Gasteiger partial charge in [0.1, 0.15) is 0 Å². The first kappa shape index (κ1) is 16.8. The Bertz CT molecular complexity index is 734. The largest absolute Gasteiger partial charge is 0.375 e. The van der Waals surface area contributed by atoms with Crippen molar-refractivity contribution in [3.63, 3.8) is 0 Å². The molecular weight excluding hydrogens is 332 g/mol. The lowest BCUT2D eigenvalue weighted by molar-refractivity contribution is -0.110. The second-order valence-electron chi connectivity index (χ2n) is 6.86. The number of nitrogens with zero attached hydrogens (tertiary/aromatic N) is 5. The van der Waals surface area contributed by atoms with Gasteiger partial charge >= 0.3 is 0 Å². The van der Waals surface area contributed by atoms with Crippen LogP contribution in [0.4, 0.5) is 5.95 Å². The molecule has 8 heteroatoms. The quantitative estimate of drug-likeness (QED) is 0.893. The summed E-state index contributed by atoms with van der Waals surface area (Å²) in [6, 6.07) is 3.80. The Kier molecular flexibility index (Phi) is 4.75. The first-order chi connectivity index (χ1) is 12.7. The van der Waals surface area contributed by atoms with Crippen molar-refractivity contribution in [1.29, 1.82) is 0 Å². The van der Waals surface area contributed by atoms with Crippen LogP contribution in [-0.2, 0) is 4.74 Å². The minimum atomic E-state index is -0.169. The number of anilines is 1. The SMILES string of the molecule is O=C(c1ccnnc1)N1CCC2(CC1)CC(Nc1ncccn1)CCO2. The molecule has 2 aromatic rings. The van der Waals surface area contributed by atoms with Gasteiger partial charge in [0.05, 0.1) is 23.6 Å². The number of rotatable bonds is 3. The molecule has 2 aliphatic rings. The number of amides is 1. The van der Waals surface area contributed by atoms with Gasteiger partial charge in [0.15, 0.2) is 0 Å². The average molecular weight is 354 g/mol. The summed E-state index contributed by atoms with van der Waals surface area (Å²) in [6.07, 6.45) is 10.1. The van der Waals surface area contributed by atoms with E-state index in [0.29, 0.717) is 31.2 Å². The number of carbonyl (C=O) groups is 1. The van der Waals surface area contributed by atoms with E-state index in [9.17, 15) is 4.79 Å². The fourth-order valence-corrected chi connectivity index (χ4v) is 3.77. The zero-order valence-corrected chi connectivity index (χ0v) is 14.5. The second kappa shape index (κ2) is 7.33. The van der Waals surface area contributed by atoms with Gasteiger partial charge in [-0.05, 0) is 37.8 Å². The second-order valence-corrected chi connectivity index (χ2v) is 6.86. The molecular formula is C18H22N6O2. The molecule has 0 aromatic carbocycles. The summed E-state index contributed by atoms with van der Waals surface area (Å²) in [5.74, 6) is 0.672. The average Bonchev–Trinajstić information content (AvgIpc) is 2.70. The lowest BCUT2D eigenvalue weighted by Gasteiger charge is -2.46. The summed E-state index contributed by atoms with van der Waals surface area (Å²) in [5.41, 5.74) is 0.416. The molecule has 2 saturated heterocycles. The first-order valence-corrected chi connectivity index (χ1v) is 8.98. The van der Waals surface area contributed by atoms with E-state index in [4.69, 9.17) is 4.74 Å². The molecule has 26 heavy (non-hydrogen) atoms. The summed E-state index contributed by atoms with van der Waals surface area (Å²) < 4.78 is 6.17. The standard InChI is InChI=1S/C18H22N6O2/c25-16(14-2-8-21-22-13-14)24-9-4-18(5-10-24)12-15(3-11-26-18)23-17-19-6-1-7-20-17/h1-2,6-8,13,15H,3-5,9-12H2,(H,19,20,23). The van der Waals surface area contributed by atoms with Crippen LogP contribution in [0.3, 0.4) is 0 Å². The van der Waals surface area contributed by atoms with Crippen LogP contribution < -0.4 is 5.32 Å². The number of piperidine rings is 1. The minimum absolute atomic E-state index is 0.0120. The third-order valence-electron chi connectivity index (χ3n) is 5.19. The van der Waals surface area contributed by atoms with E-state index in [1.807, 2.05) is 11.0 Å². The molecule has 0 aliphatic carbocycles. The van der Waals surface area contributed by atoms with Crippen LogP contribution >= 0.6 is 0 Å². The summed E-state index contributed by atoms with van der Waals surface area (Å²) in [7, 11) is 0. The van der Waals surface area contributed by atoms with Crippen LogP contribution in [0.5, 0.6) is 0 Å². The Balaban J connectivity index is 1.36. The highest BCUT2D eigenvalue weighted by Gasteiger charge is 2.41. The highest BCUT2D eigenvalue weighted by molar-refractivity contribution is 5.93. The van der Waals surface area contributed by atoms with Gasteiger partial charge in [-0.1, -0.05) is 0 Å². The van der Waals surface area contributed by atoms with Crippen LogP contribution in [-0.4, -0.2) is 62.3 Å². The van der Waals surface area contributed by atoms with Crippen LogP contribution in [0, 0.1) is 0 Å². The molecule has 4 rings (SSSR count). The van der Waals surface area contributed by atoms with Gasteiger partial charge in [-0.25, -0.2) is 9.97 Å². The molecule has 0 radical (unpaired) electrons. The Morgan fingerprint density at radius 3 is 2.73 bits per heavy atom. The van der Waals surface area contributed by atoms with Crippen molar-refractivity contribution in [2.75, 3.05) is 25.0 Å². The summed E-state index contributed by atoms with van der Waals surface area (Å²) in [5, 5.41) is 10.9. The van der Waals surface area contributed by atoms with Crippen molar-refractivity contribution in [2.45, 2.75) is 37.3 Å². The Morgan fingerprint density at radius 2 is 2.00 bits per heavy atom. The summed E-state index contributed by atoms with van der Waals surface area (Å²) in [6.45, 7) is 2.10. The first-order valence-electron chi connectivity index (χ1n) is 8.98. The van der Waals surface area contributed by atoms with Crippen molar-refractivity contribution in [3.05, 3.63) is 42.5 Å². The van der Waals surface area contributed by atoms with Crippen molar-refractivity contribution >= 4 is 11.9 Å². The highest BCUT2D eigenvalue weighted by Crippen LogP contribution is 2.36. The number of nitrogens with one attached hydrogen (secondary N) is 1. The lowest BCUT2D eigenvalue weighted by atomic mass is 9.82. The van der Waals surface area contributed by atoms with Crippen LogP contribution in [0.1, 0.15) is 36.0 Å². The predicted octanol–water partition coefficient (Wildman–Crippen LogP) is 1.53. The zero-order valence-electron chi connectivity index (χ0n) is 14.5. The monoisotopic (exact) mass is 354 g/mol. The molecule has 1 unspecified atom stereocenters. The van der Waals surface area contributed by atoms with E-state index >= 15 is 0 Å². The lowest BCUT2D eigenvalue weighted by Crippen LogP contribution is -2.52. The van der Waals surface area contributed by atoms with Gasteiger partial charge in [-0.2, -0.15) is 10.2 Å². The predicted molar refractivity (Wildman–Crippen MR) is 94.5 cm³/mol. The normalized spacial score (nSPS) is 22.2. The smallest absolute Gasteiger partial charge is 0.255 e. The molecule has 2 fully saturated rings. The van der Waals surface area contributed by atoms with E-state index in [1.54, 1.807) is 24.7 Å². The van der Waals surface area contributed by atoms with Crippen molar-refractivity contribution in [3.8, 4) is 0 Å². The highest BCUT2D eigenvalue weighted by atomic mass is 16.5. The van der Waals surface area contributed by atoms with E-state index < -0.39 is 0 Å². The van der Waals surface area contributed by atoms with Gasteiger partial charge in [0.25, 0.3) is 5.91 Å². The molecule has 0 bridgehead atoms. The molecule has 1 amide bonds. The van der Waals surface area contributed by atoms with Crippen LogP contribution in [0.2, 0.25) is 0 Å². The number of carbonyl (C=O) groups excluding carboxylic acids is 1. The van der Waals surface area contributed by atoms with Gasteiger partial charge in [-0.15, -0.1) is 0 Å². The van der Waals surface area contributed by atoms with E-state index in [0.717, 1.165) is 25.7 Å². The fraction of sp³-hybridized carbons (Fsp3) is 0.500. The third-order valence-corrected chi connectivity index (χ3v) is 5.19. The molecule has 8 nitrogen and oxygen atoms in total. The van der Waals surface area contributed by atoms with Crippen molar-refractivity contribution in [2.24, 2.45) is 0 Å². The van der Waals surface area contributed by atoms with Crippen LogP contribution in [0.25, 0.3) is 0 Å². The number of hydrogen-bond acceptors (Lipinski definition) is 7. The Hall–Kier alpha value is -2.61. The molecule has 2 aliphatic heterocycles. The van der Waals surface area contributed by atoms with Crippen molar-refractivity contribution < 1.29 is 9.53 Å². The van der Waals surface area contributed by atoms with Crippen molar-refractivity contribution in [1.82, 2.24) is 25.1 Å². The molecule has 1 atom stereocenters. The minimum Gasteiger partial charge on any atom is -0.375 e. The van der Waals surface area contributed by atoms with Gasteiger partial charge in [0.2, 0.25) is 5.95 Å². The van der Waals surface area contributed by atoms with Crippen LogP contribution in [0.15, 0.2) is 36.9 Å². The van der Waals surface area contributed by atoms with E-state index in [1.165, 1.54) is 6.20 Å². The number of hydrogen-bond donors (Lipinski definition) is 1. The molecule has 1 N–H and O–H groups in total. The van der Waals surface area contributed by atoms with E-state index in [2.05, 4.69) is 25.5 Å². The van der Waals surface area contributed by atoms with Gasteiger partial charge < -0.3 is 15.0 Å². The maximum Gasteiger partial charge on any atom is 0.255 e.